The van der Waals surface area contributed by atoms with Crippen LogP contribution in [0.1, 0.15) is 77.5 Å². The number of allylic oxidation sites excluding steroid dienone is 1. The van der Waals surface area contributed by atoms with Crippen molar-refractivity contribution in [3.8, 4) is 5.75 Å². The molecule has 36 heavy (non-hydrogen) atoms. The van der Waals surface area contributed by atoms with Crippen LogP contribution >= 0.6 is 0 Å². The van der Waals surface area contributed by atoms with E-state index < -0.39 is 5.97 Å². The molecule has 0 saturated heterocycles. The number of aliphatic hydroxyl groups excluding tert-OH is 1. The summed E-state index contributed by atoms with van der Waals surface area (Å²) in [6, 6.07) is 16.9. The van der Waals surface area contributed by atoms with Gasteiger partial charge in [-0.3, -0.25) is 9.69 Å². The van der Waals surface area contributed by atoms with Crippen LogP contribution in [0.4, 0.5) is 0 Å². The molecule has 0 saturated carbocycles. The summed E-state index contributed by atoms with van der Waals surface area (Å²) in [7, 11) is 0. The Hall–Kier alpha value is -2.96. The lowest BCUT2D eigenvalue weighted by Gasteiger charge is -2.32. The second kappa shape index (κ2) is 15.9. The van der Waals surface area contributed by atoms with Gasteiger partial charge in [0, 0.05) is 29.6 Å². The van der Waals surface area contributed by atoms with E-state index in [1.807, 2.05) is 50.2 Å². The van der Waals surface area contributed by atoms with Crippen LogP contribution < -0.4 is 4.74 Å². The van der Waals surface area contributed by atoms with E-state index in [0.29, 0.717) is 17.8 Å². The number of carbonyl (C=O) groups is 2. The van der Waals surface area contributed by atoms with Gasteiger partial charge < -0.3 is 14.9 Å². The third kappa shape index (κ3) is 10.3. The fourth-order valence-corrected chi connectivity index (χ4v) is 4.01. The summed E-state index contributed by atoms with van der Waals surface area (Å²) < 4.78 is 5.78. The first-order valence-electron chi connectivity index (χ1n) is 12.6. The number of carboxylic acids is 1. The number of aliphatic carboxylic acids is 1. The molecule has 2 aromatic carbocycles. The van der Waals surface area contributed by atoms with Crippen LogP contribution in [0.15, 0.2) is 60.7 Å². The number of carboxylic acid groups (broad SMARTS) is 1. The molecule has 0 aliphatic heterocycles. The molecule has 2 aromatic rings. The average Bonchev–Trinajstić information content (AvgIpc) is 2.82. The Bertz CT molecular complexity index is 959. The zero-order valence-corrected chi connectivity index (χ0v) is 22.8. The molecule has 0 heterocycles. The number of hydrogen-bond acceptors (Lipinski definition) is 5. The molecule has 0 amide bonds. The molecule has 0 aromatic heterocycles. The first kappa shape index (κ1) is 31.1. The minimum absolute atomic E-state index is 0.0446. The second-order valence-corrected chi connectivity index (χ2v) is 9.62. The Morgan fingerprint density at radius 3 is 2.03 bits per heavy atom. The summed E-state index contributed by atoms with van der Waals surface area (Å²) in [4.78, 5) is 24.3. The summed E-state index contributed by atoms with van der Waals surface area (Å²) in [6.45, 7) is 15.1. The van der Waals surface area contributed by atoms with Gasteiger partial charge in [-0.05, 0) is 70.8 Å². The number of esters is 1. The molecule has 0 spiro atoms. The van der Waals surface area contributed by atoms with Crippen molar-refractivity contribution in [1.29, 1.82) is 0 Å². The summed E-state index contributed by atoms with van der Waals surface area (Å²) in [6.07, 6.45) is 3.45. The first-order valence-corrected chi connectivity index (χ1v) is 12.6. The third-order valence-corrected chi connectivity index (χ3v) is 5.83. The van der Waals surface area contributed by atoms with Gasteiger partial charge in [0.05, 0.1) is 12.5 Å². The summed E-state index contributed by atoms with van der Waals surface area (Å²) >= 11 is 0. The molecule has 0 bridgehead atoms. The first-order chi connectivity index (χ1) is 17.0. The fourth-order valence-electron chi connectivity index (χ4n) is 4.01. The largest absolute Gasteiger partial charge is 0.478 e. The molecule has 1 atom stereocenters. The van der Waals surface area contributed by atoms with E-state index in [0.717, 1.165) is 30.2 Å². The standard InChI is InChI=1S/C26H37NO3.C4H6O2/c1-18(2)26(29)30-25-13-12-21(17-28)16-24(25)23(22-10-8-7-9-11-22)14-15-27(19(3)4)20(5)6;1-2-3-4(5)6/h7-13,16,18-20,23,28H,14-15,17H2,1-6H3;2-3H,1H3,(H,5,6). The molecule has 0 radical (unpaired) electrons. The molecule has 0 fully saturated rings. The van der Waals surface area contributed by atoms with E-state index >= 15 is 0 Å². The highest BCUT2D eigenvalue weighted by Gasteiger charge is 2.23. The summed E-state index contributed by atoms with van der Waals surface area (Å²) in [5.41, 5.74) is 2.95. The summed E-state index contributed by atoms with van der Waals surface area (Å²) in [5, 5.41) is 17.5. The minimum atomic E-state index is -0.891. The third-order valence-electron chi connectivity index (χ3n) is 5.83. The van der Waals surface area contributed by atoms with Crippen molar-refractivity contribution < 1.29 is 24.5 Å². The predicted molar refractivity (Wildman–Crippen MR) is 145 cm³/mol. The maximum absolute atomic E-state index is 12.3. The molecular formula is C30H43NO5. The zero-order chi connectivity index (χ0) is 27.3. The molecule has 2 rings (SSSR count). The highest BCUT2D eigenvalue weighted by atomic mass is 16.5. The van der Waals surface area contributed by atoms with Gasteiger partial charge in [-0.1, -0.05) is 56.3 Å². The Morgan fingerprint density at radius 1 is 0.972 bits per heavy atom. The van der Waals surface area contributed by atoms with Crippen molar-refractivity contribution in [2.75, 3.05) is 6.54 Å². The maximum Gasteiger partial charge on any atom is 0.327 e. The van der Waals surface area contributed by atoms with Gasteiger partial charge in [0.1, 0.15) is 5.75 Å². The van der Waals surface area contributed by atoms with E-state index in [1.165, 1.54) is 11.6 Å². The van der Waals surface area contributed by atoms with E-state index in [-0.39, 0.29) is 24.4 Å². The molecule has 2 N–H and O–H groups in total. The lowest BCUT2D eigenvalue weighted by molar-refractivity contribution is -0.137. The smallest absolute Gasteiger partial charge is 0.327 e. The van der Waals surface area contributed by atoms with Crippen LogP contribution in [0.3, 0.4) is 0 Å². The molecule has 6 nitrogen and oxygen atoms in total. The molecule has 6 heteroatoms. The van der Waals surface area contributed by atoms with Gasteiger partial charge in [-0.15, -0.1) is 0 Å². The van der Waals surface area contributed by atoms with Gasteiger partial charge >= 0.3 is 11.9 Å². The van der Waals surface area contributed by atoms with E-state index in [2.05, 4.69) is 44.7 Å². The van der Waals surface area contributed by atoms with Crippen molar-refractivity contribution in [2.45, 2.75) is 79.5 Å². The number of rotatable bonds is 11. The number of carbonyl (C=O) groups excluding carboxylic acids is 1. The Kier molecular flexibility index (Phi) is 13.7. The van der Waals surface area contributed by atoms with Crippen LogP contribution in [0.2, 0.25) is 0 Å². The SMILES string of the molecule is CC(C)C(=O)Oc1ccc(CO)cc1C(CCN(C(C)C)C(C)C)c1ccccc1.CC=CC(=O)O. The van der Waals surface area contributed by atoms with E-state index in [1.54, 1.807) is 6.92 Å². The van der Waals surface area contributed by atoms with Crippen LogP contribution in [-0.2, 0) is 16.2 Å². The quantitative estimate of drug-likeness (QED) is 0.224. The van der Waals surface area contributed by atoms with Crippen LogP contribution in [0.5, 0.6) is 5.75 Å². The monoisotopic (exact) mass is 497 g/mol. The molecule has 0 aliphatic carbocycles. The summed E-state index contributed by atoms with van der Waals surface area (Å²) in [5.74, 6) is -0.695. The maximum atomic E-state index is 12.3. The Balaban J connectivity index is 0.000000960. The van der Waals surface area contributed by atoms with Crippen molar-refractivity contribution in [1.82, 2.24) is 4.90 Å². The lowest BCUT2D eigenvalue weighted by atomic mass is 9.86. The Labute approximate surface area is 216 Å². The van der Waals surface area contributed by atoms with Gasteiger partial charge in [0.25, 0.3) is 0 Å². The zero-order valence-electron chi connectivity index (χ0n) is 22.8. The number of benzene rings is 2. The van der Waals surface area contributed by atoms with Gasteiger partial charge in [-0.25, -0.2) is 4.79 Å². The average molecular weight is 498 g/mol. The van der Waals surface area contributed by atoms with Crippen molar-refractivity contribution >= 4 is 11.9 Å². The molecule has 198 valence electrons. The fraction of sp³-hybridized carbons (Fsp3) is 0.467. The topological polar surface area (TPSA) is 87.1 Å². The van der Waals surface area contributed by atoms with Crippen LogP contribution in [0.25, 0.3) is 0 Å². The van der Waals surface area contributed by atoms with Crippen LogP contribution in [0, 0.1) is 5.92 Å². The van der Waals surface area contributed by atoms with Gasteiger partial charge in [-0.2, -0.15) is 0 Å². The number of ether oxygens (including phenoxy) is 1. The van der Waals surface area contributed by atoms with Crippen molar-refractivity contribution in [3.05, 3.63) is 77.4 Å². The van der Waals surface area contributed by atoms with E-state index in [9.17, 15) is 14.7 Å². The van der Waals surface area contributed by atoms with Crippen LogP contribution in [-0.4, -0.2) is 45.7 Å². The van der Waals surface area contributed by atoms with Gasteiger partial charge in [0.15, 0.2) is 0 Å². The number of aliphatic hydroxyl groups is 1. The lowest BCUT2D eigenvalue weighted by Crippen LogP contribution is -2.38. The predicted octanol–water partition coefficient (Wildman–Crippen LogP) is 6.03. The second-order valence-electron chi connectivity index (χ2n) is 9.62. The van der Waals surface area contributed by atoms with Crippen molar-refractivity contribution in [2.24, 2.45) is 5.92 Å². The molecule has 1 unspecified atom stereocenters. The highest BCUT2D eigenvalue weighted by molar-refractivity contribution is 5.79. The highest BCUT2D eigenvalue weighted by Crippen LogP contribution is 2.36. The van der Waals surface area contributed by atoms with Crippen molar-refractivity contribution in [3.63, 3.8) is 0 Å². The molecular weight excluding hydrogens is 454 g/mol. The van der Waals surface area contributed by atoms with E-state index in [4.69, 9.17) is 9.84 Å². The minimum Gasteiger partial charge on any atom is -0.478 e. The normalized spacial score (nSPS) is 12.2. The number of nitrogens with zero attached hydrogens (tertiary/aromatic N) is 1. The van der Waals surface area contributed by atoms with Gasteiger partial charge in [0.2, 0.25) is 0 Å². The number of hydrogen-bond donors (Lipinski definition) is 2. The molecule has 0 aliphatic rings. The Morgan fingerprint density at radius 2 is 1.58 bits per heavy atom.